The Morgan fingerprint density at radius 1 is 1.38 bits per heavy atom. The molecule has 0 aliphatic carbocycles. The number of benzene rings is 1. The number of carboxylic acids is 1. The van der Waals surface area contributed by atoms with E-state index in [4.69, 9.17) is 5.11 Å². The number of aliphatic hydroxyl groups is 1. The van der Waals surface area contributed by atoms with Crippen LogP contribution in [-0.4, -0.2) is 16.2 Å². The molecule has 86 valence electrons. The summed E-state index contributed by atoms with van der Waals surface area (Å²) < 4.78 is 0. The van der Waals surface area contributed by atoms with Crippen LogP contribution < -0.4 is 0 Å². The molecule has 1 aromatic carbocycles. The van der Waals surface area contributed by atoms with Crippen molar-refractivity contribution in [2.45, 2.75) is 26.4 Å². The van der Waals surface area contributed by atoms with E-state index < -0.39 is 12.1 Å². The van der Waals surface area contributed by atoms with Gasteiger partial charge in [-0.1, -0.05) is 42.8 Å². The molecule has 3 nitrogen and oxygen atoms in total. The van der Waals surface area contributed by atoms with Gasteiger partial charge < -0.3 is 10.2 Å². The topological polar surface area (TPSA) is 57.5 Å². The predicted molar refractivity (Wildman–Crippen MR) is 62.1 cm³/mol. The van der Waals surface area contributed by atoms with Gasteiger partial charge in [0.15, 0.2) is 0 Å². The van der Waals surface area contributed by atoms with Gasteiger partial charge in [-0.2, -0.15) is 0 Å². The molecule has 1 rings (SSSR count). The maximum atomic E-state index is 10.9. The number of aryl methyl sites for hydroxylation is 1. The monoisotopic (exact) mass is 220 g/mol. The number of hydrogen-bond donors (Lipinski definition) is 2. The third-order valence-corrected chi connectivity index (χ3v) is 2.36. The van der Waals surface area contributed by atoms with Gasteiger partial charge in [0.05, 0.1) is 5.57 Å². The summed E-state index contributed by atoms with van der Waals surface area (Å²) >= 11 is 0. The first kappa shape index (κ1) is 12.5. The molecular weight excluding hydrogens is 204 g/mol. The van der Waals surface area contributed by atoms with Crippen molar-refractivity contribution in [2.24, 2.45) is 0 Å². The zero-order valence-corrected chi connectivity index (χ0v) is 9.47. The largest absolute Gasteiger partial charge is 0.478 e. The summed E-state index contributed by atoms with van der Waals surface area (Å²) in [5, 5.41) is 18.9. The van der Waals surface area contributed by atoms with Crippen LogP contribution in [0.1, 0.15) is 30.6 Å². The molecule has 0 bridgehead atoms. The average Bonchev–Trinajstić information content (AvgIpc) is 2.25. The van der Waals surface area contributed by atoms with Gasteiger partial charge >= 0.3 is 5.97 Å². The molecule has 0 fully saturated rings. The Morgan fingerprint density at radius 3 is 2.38 bits per heavy atom. The fraction of sp³-hybridized carbons (Fsp3) is 0.308. The first-order valence-electron chi connectivity index (χ1n) is 5.24. The Morgan fingerprint density at radius 2 is 1.94 bits per heavy atom. The van der Waals surface area contributed by atoms with E-state index in [1.165, 1.54) is 6.08 Å². The van der Waals surface area contributed by atoms with Crippen LogP contribution in [0.15, 0.2) is 35.9 Å². The summed E-state index contributed by atoms with van der Waals surface area (Å²) in [6.07, 6.45) is 1.07. The SMILES string of the molecule is CCC=C(C(=O)O)C(O)c1ccc(C)cc1. The van der Waals surface area contributed by atoms with Crippen molar-refractivity contribution >= 4 is 5.97 Å². The van der Waals surface area contributed by atoms with Gasteiger partial charge in [0.25, 0.3) is 0 Å². The van der Waals surface area contributed by atoms with Gasteiger partial charge in [-0.15, -0.1) is 0 Å². The highest BCUT2D eigenvalue weighted by Crippen LogP contribution is 2.22. The molecule has 0 amide bonds. The van der Waals surface area contributed by atoms with E-state index in [0.29, 0.717) is 12.0 Å². The Hall–Kier alpha value is -1.61. The average molecular weight is 220 g/mol. The summed E-state index contributed by atoms with van der Waals surface area (Å²) in [6, 6.07) is 7.19. The van der Waals surface area contributed by atoms with Crippen LogP contribution in [0.3, 0.4) is 0 Å². The van der Waals surface area contributed by atoms with Crippen LogP contribution in [0.2, 0.25) is 0 Å². The minimum Gasteiger partial charge on any atom is -0.478 e. The number of carbonyl (C=O) groups is 1. The molecule has 0 aliphatic heterocycles. The summed E-state index contributed by atoms with van der Waals surface area (Å²) in [7, 11) is 0. The number of hydrogen-bond acceptors (Lipinski definition) is 2. The van der Waals surface area contributed by atoms with Crippen LogP contribution in [0.25, 0.3) is 0 Å². The van der Waals surface area contributed by atoms with Gasteiger partial charge in [-0.3, -0.25) is 0 Å². The van der Waals surface area contributed by atoms with E-state index in [1.807, 2.05) is 26.0 Å². The molecule has 0 saturated carbocycles. The van der Waals surface area contributed by atoms with Crippen LogP contribution in [0, 0.1) is 6.92 Å². The fourth-order valence-corrected chi connectivity index (χ4v) is 1.46. The summed E-state index contributed by atoms with van der Waals surface area (Å²) in [5.74, 6) is -1.07. The maximum absolute atomic E-state index is 10.9. The van der Waals surface area contributed by atoms with E-state index in [1.54, 1.807) is 12.1 Å². The smallest absolute Gasteiger partial charge is 0.334 e. The normalized spacial score (nSPS) is 13.6. The molecule has 0 aliphatic rings. The molecule has 0 radical (unpaired) electrons. The summed E-state index contributed by atoms with van der Waals surface area (Å²) in [6.45, 7) is 3.78. The van der Waals surface area contributed by atoms with Gasteiger partial charge in [-0.05, 0) is 18.9 Å². The molecule has 1 unspecified atom stereocenters. The van der Waals surface area contributed by atoms with Gasteiger partial charge in [-0.25, -0.2) is 4.79 Å². The molecule has 2 N–H and O–H groups in total. The van der Waals surface area contributed by atoms with Crippen LogP contribution in [0.5, 0.6) is 0 Å². The lowest BCUT2D eigenvalue weighted by molar-refractivity contribution is -0.133. The maximum Gasteiger partial charge on any atom is 0.334 e. The molecule has 0 aromatic heterocycles. The molecular formula is C13H16O3. The van der Waals surface area contributed by atoms with E-state index in [-0.39, 0.29) is 5.57 Å². The van der Waals surface area contributed by atoms with Crippen molar-refractivity contribution in [1.82, 2.24) is 0 Å². The minimum atomic E-state index is -1.07. The van der Waals surface area contributed by atoms with Crippen molar-refractivity contribution in [1.29, 1.82) is 0 Å². The first-order valence-corrected chi connectivity index (χ1v) is 5.24. The van der Waals surface area contributed by atoms with Crippen molar-refractivity contribution < 1.29 is 15.0 Å². The zero-order valence-electron chi connectivity index (χ0n) is 9.47. The number of carboxylic acid groups (broad SMARTS) is 1. The predicted octanol–water partition coefficient (Wildman–Crippen LogP) is 2.45. The Bertz CT molecular complexity index is 390. The standard InChI is InChI=1S/C13H16O3/c1-3-4-11(13(15)16)12(14)10-7-5-9(2)6-8-10/h4-8,12,14H,3H2,1-2H3,(H,15,16). The van der Waals surface area contributed by atoms with Crippen LogP contribution in [0.4, 0.5) is 0 Å². The lowest BCUT2D eigenvalue weighted by Crippen LogP contribution is -2.10. The quantitative estimate of drug-likeness (QED) is 0.766. The van der Waals surface area contributed by atoms with Crippen LogP contribution in [-0.2, 0) is 4.79 Å². The van der Waals surface area contributed by atoms with E-state index in [0.717, 1.165) is 5.56 Å². The van der Waals surface area contributed by atoms with Gasteiger partial charge in [0.1, 0.15) is 6.10 Å². The molecule has 0 saturated heterocycles. The number of rotatable bonds is 4. The van der Waals surface area contributed by atoms with Gasteiger partial charge in [0.2, 0.25) is 0 Å². The molecule has 0 heterocycles. The van der Waals surface area contributed by atoms with E-state index in [9.17, 15) is 9.90 Å². The summed E-state index contributed by atoms with van der Waals surface area (Å²) in [4.78, 5) is 10.9. The number of aliphatic carboxylic acids is 1. The number of aliphatic hydroxyl groups excluding tert-OH is 1. The molecule has 1 atom stereocenters. The highest BCUT2D eigenvalue weighted by molar-refractivity contribution is 5.88. The third kappa shape index (κ3) is 2.94. The van der Waals surface area contributed by atoms with Crippen molar-refractivity contribution in [3.8, 4) is 0 Å². The van der Waals surface area contributed by atoms with Gasteiger partial charge in [0, 0.05) is 0 Å². The van der Waals surface area contributed by atoms with E-state index in [2.05, 4.69) is 0 Å². The van der Waals surface area contributed by atoms with E-state index >= 15 is 0 Å². The lowest BCUT2D eigenvalue weighted by atomic mass is 10.00. The zero-order chi connectivity index (χ0) is 12.1. The second kappa shape index (κ2) is 5.47. The summed E-state index contributed by atoms with van der Waals surface area (Å²) in [5.41, 5.74) is 1.71. The van der Waals surface area contributed by atoms with Crippen LogP contribution >= 0.6 is 0 Å². The fourth-order valence-electron chi connectivity index (χ4n) is 1.46. The Kier molecular flexibility index (Phi) is 4.26. The third-order valence-electron chi connectivity index (χ3n) is 2.36. The minimum absolute atomic E-state index is 0.0337. The highest BCUT2D eigenvalue weighted by Gasteiger charge is 2.18. The second-order valence-corrected chi connectivity index (χ2v) is 3.69. The first-order chi connectivity index (χ1) is 7.56. The molecule has 3 heteroatoms. The Labute approximate surface area is 95.0 Å². The Balaban J connectivity index is 2.99. The second-order valence-electron chi connectivity index (χ2n) is 3.69. The molecule has 1 aromatic rings. The highest BCUT2D eigenvalue weighted by atomic mass is 16.4. The number of allylic oxidation sites excluding steroid dienone is 1. The molecule has 16 heavy (non-hydrogen) atoms. The van der Waals surface area contributed by atoms with Crippen molar-refractivity contribution in [3.63, 3.8) is 0 Å². The van der Waals surface area contributed by atoms with Crippen molar-refractivity contribution in [2.75, 3.05) is 0 Å². The van der Waals surface area contributed by atoms with Crippen molar-refractivity contribution in [3.05, 3.63) is 47.0 Å². The lowest BCUT2D eigenvalue weighted by Gasteiger charge is -2.12. The molecule has 0 spiro atoms.